The summed E-state index contributed by atoms with van der Waals surface area (Å²) in [7, 11) is 2.14. The van der Waals surface area contributed by atoms with Crippen molar-refractivity contribution in [3.05, 3.63) is 0 Å². The topological polar surface area (TPSA) is 44.7 Å². The quantitative estimate of drug-likeness (QED) is 0.642. The molecule has 1 unspecified atom stereocenters. The molecule has 1 rings (SSSR count). The minimum atomic E-state index is 0. The highest BCUT2D eigenvalue weighted by atomic mass is 35.5. The van der Waals surface area contributed by atoms with Crippen LogP contribution in [0.1, 0.15) is 12.8 Å². The molecule has 1 atom stereocenters. The third-order valence-electron chi connectivity index (χ3n) is 2.82. The summed E-state index contributed by atoms with van der Waals surface area (Å²) in [5, 5.41) is 12.0. The van der Waals surface area contributed by atoms with E-state index < -0.39 is 0 Å². The van der Waals surface area contributed by atoms with Gasteiger partial charge in [-0.15, -0.1) is 12.4 Å². The van der Waals surface area contributed by atoms with Crippen LogP contribution in [-0.2, 0) is 4.74 Å². The van der Waals surface area contributed by atoms with Crippen molar-refractivity contribution in [2.45, 2.75) is 12.8 Å². The number of nitrogens with zero attached hydrogens (tertiary/aromatic N) is 1. The summed E-state index contributed by atoms with van der Waals surface area (Å²) >= 11 is 0. The summed E-state index contributed by atoms with van der Waals surface area (Å²) in [6.45, 7) is 5.74. The van der Waals surface area contributed by atoms with Crippen molar-refractivity contribution in [1.82, 2.24) is 10.2 Å². The van der Waals surface area contributed by atoms with Crippen LogP contribution in [0.25, 0.3) is 0 Å². The number of ether oxygens (including phenoxy) is 1. The first-order valence-corrected chi connectivity index (χ1v) is 5.91. The van der Waals surface area contributed by atoms with Gasteiger partial charge in [0.15, 0.2) is 0 Å². The fraction of sp³-hybridized carbons (Fsp3) is 1.00. The highest BCUT2D eigenvalue weighted by Crippen LogP contribution is 2.10. The fourth-order valence-electron chi connectivity index (χ4n) is 2.00. The molecule has 0 aliphatic carbocycles. The summed E-state index contributed by atoms with van der Waals surface area (Å²) in [6.07, 6.45) is 2.65. The number of piperidine rings is 1. The second-order valence-corrected chi connectivity index (χ2v) is 4.31. The van der Waals surface area contributed by atoms with Gasteiger partial charge in [0.2, 0.25) is 0 Å². The number of likely N-dealkylation sites (N-methyl/N-ethyl adjacent to an activating group) is 1. The number of rotatable bonds is 7. The zero-order valence-corrected chi connectivity index (χ0v) is 11.0. The molecule has 0 aromatic carbocycles. The molecule has 4 nitrogen and oxygen atoms in total. The molecule has 1 aliphatic heterocycles. The molecule has 98 valence electrons. The molecule has 0 aromatic heterocycles. The van der Waals surface area contributed by atoms with Crippen LogP contribution in [0.2, 0.25) is 0 Å². The van der Waals surface area contributed by atoms with E-state index in [1.54, 1.807) is 0 Å². The number of hydrogen-bond donors (Lipinski definition) is 2. The minimum Gasteiger partial charge on any atom is -0.394 e. The Hall–Kier alpha value is 0.130. The third kappa shape index (κ3) is 7.41. The van der Waals surface area contributed by atoms with E-state index in [2.05, 4.69) is 17.3 Å². The smallest absolute Gasteiger partial charge is 0.0698 e. The Balaban J connectivity index is 0.00000225. The standard InChI is InChI=1S/C11H24N2O2.ClH/c1-13(5-7-15-8-6-14)10-11-3-2-4-12-9-11;/h11-12,14H,2-10H2,1H3;1H. The second kappa shape index (κ2) is 10.3. The van der Waals surface area contributed by atoms with E-state index >= 15 is 0 Å². The molecule has 2 N–H and O–H groups in total. The van der Waals surface area contributed by atoms with Crippen LogP contribution in [0.3, 0.4) is 0 Å². The predicted octanol–water partition coefficient (Wildman–Crippen LogP) is 0.348. The van der Waals surface area contributed by atoms with Gasteiger partial charge in [-0.3, -0.25) is 0 Å². The first-order chi connectivity index (χ1) is 7.33. The molecule has 0 aromatic rings. The van der Waals surface area contributed by atoms with Crippen molar-refractivity contribution in [1.29, 1.82) is 0 Å². The summed E-state index contributed by atoms with van der Waals surface area (Å²) < 4.78 is 5.24. The maximum absolute atomic E-state index is 8.55. The van der Waals surface area contributed by atoms with Crippen LogP contribution in [0, 0.1) is 5.92 Å². The minimum absolute atomic E-state index is 0. The average molecular weight is 253 g/mol. The average Bonchev–Trinajstić information content (AvgIpc) is 2.26. The number of aliphatic hydroxyl groups is 1. The zero-order chi connectivity index (χ0) is 10.9. The van der Waals surface area contributed by atoms with Gasteiger partial charge >= 0.3 is 0 Å². The Morgan fingerprint density at radius 2 is 2.25 bits per heavy atom. The van der Waals surface area contributed by atoms with Crippen molar-refractivity contribution in [3.8, 4) is 0 Å². The number of aliphatic hydroxyl groups excluding tert-OH is 1. The van der Waals surface area contributed by atoms with Crippen LogP contribution >= 0.6 is 12.4 Å². The highest BCUT2D eigenvalue weighted by molar-refractivity contribution is 5.85. The molecule has 1 aliphatic rings. The van der Waals surface area contributed by atoms with E-state index in [1.165, 1.54) is 19.4 Å². The lowest BCUT2D eigenvalue weighted by Gasteiger charge is -2.27. The van der Waals surface area contributed by atoms with Crippen molar-refractivity contribution < 1.29 is 9.84 Å². The second-order valence-electron chi connectivity index (χ2n) is 4.31. The van der Waals surface area contributed by atoms with Gasteiger partial charge < -0.3 is 20.1 Å². The third-order valence-corrected chi connectivity index (χ3v) is 2.82. The van der Waals surface area contributed by atoms with E-state index in [4.69, 9.17) is 9.84 Å². The lowest BCUT2D eigenvalue weighted by atomic mass is 9.99. The Bertz CT molecular complexity index is 155. The Morgan fingerprint density at radius 1 is 1.44 bits per heavy atom. The van der Waals surface area contributed by atoms with Crippen molar-refractivity contribution >= 4 is 12.4 Å². The van der Waals surface area contributed by atoms with Gasteiger partial charge in [0.25, 0.3) is 0 Å². The summed E-state index contributed by atoms with van der Waals surface area (Å²) in [5.41, 5.74) is 0. The summed E-state index contributed by atoms with van der Waals surface area (Å²) in [6, 6.07) is 0. The van der Waals surface area contributed by atoms with Gasteiger partial charge in [-0.05, 0) is 38.9 Å². The van der Waals surface area contributed by atoms with E-state index in [-0.39, 0.29) is 19.0 Å². The maximum Gasteiger partial charge on any atom is 0.0698 e. The largest absolute Gasteiger partial charge is 0.394 e. The number of nitrogens with one attached hydrogen (secondary N) is 1. The molecule has 0 saturated carbocycles. The number of hydrogen-bond acceptors (Lipinski definition) is 4. The van der Waals surface area contributed by atoms with E-state index in [1.807, 2.05) is 0 Å². The van der Waals surface area contributed by atoms with Crippen molar-refractivity contribution in [3.63, 3.8) is 0 Å². The molecule has 0 spiro atoms. The van der Waals surface area contributed by atoms with Crippen LogP contribution < -0.4 is 5.32 Å². The van der Waals surface area contributed by atoms with Gasteiger partial charge in [-0.1, -0.05) is 0 Å². The highest BCUT2D eigenvalue weighted by Gasteiger charge is 2.14. The molecule has 16 heavy (non-hydrogen) atoms. The molecule has 0 radical (unpaired) electrons. The Morgan fingerprint density at radius 3 is 2.88 bits per heavy atom. The van der Waals surface area contributed by atoms with Crippen molar-refractivity contribution in [2.75, 3.05) is 53.0 Å². The first-order valence-electron chi connectivity index (χ1n) is 5.91. The van der Waals surface area contributed by atoms with Crippen LogP contribution in [0.15, 0.2) is 0 Å². The molecule has 0 amide bonds. The predicted molar refractivity (Wildman–Crippen MR) is 68.2 cm³/mol. The van der Waals surface area contributed by atoms with E-state index in [0.717, 1.165) is 32.2 Å². The lowest BCUT2D eigenvalue weighted by molar-refractivity contribution is 0.0748. The van der Waals surface area contributed by atoms with E-state index in [9.17, 15) is 0 Å². The van der Waals surface area contributed by atoms with E-state index in [0.29, 0.717) is 6.61 Å². The maximum atomic E-state index is 8.55. The van der Waals surface area contributed by atoms with Crippen LogP contribution in [-0.4, -0.2) is 63.1 Å². The Kier molecular flexibility index (Phi) is 10.4. The van der Waals surface area contributed by atoms with Gasteiger partial charge in [-0.2, -0.15) is 0 Å². The van der Waals surface area contributed by atoms with Crippen LogP contribution in [0.4, 0.5) is 0 Å². The van der Waals surface area contributed by atoms with Gasteiger partial charge in [0, 0.05) is 13.1 Å². The summed E-state index contributed by atoms with van der Waals surface area (Å²) in [4.78, 5) is 2.31. The molecule has 0 bridgehead atoms. The monoisotopic (exact) mass is 252 g/mol. The molecule has 1 saturated heterocycles. The molecule has 1 heterocycles. The van der Waals surface area contributed by atoms with Crippen LogP contribution in [0.5, 0.6) is 0 Å². The zero-order valence-electron chi connectivity index (χ0n) is 10.2. The normalized spacial score (nSPS) is 20.8. The first kappa shape index (κ1) is 16.1. The fourth-order valence-corrected chi connectivity index (χ4v) is 2.00. The molecular formula is C11H25ClN2O2. The summed E-state index contributed by atoms with van der Waals surface area (Å²) in [5.74, 6) is 0.793. The SMILES string of the molecule is CN(CCOCCO)CC1CCCNC1.Cl. The number of halogens is 1. The van der Waals surface area contributed by atoms with Gasteiger partial charge in [0.05, 0.1) is 19.8 Å². The van der Waals surface area contributed by atoms with Crippen molar-refractivity contribution in [2.24, 2.45) is 5.92 Å². The molecule has 5 heteroatoms. The molecular weight excluding hydrogens is 228 g/mol. The lowest BCUT2D eigenvalue weighted by Crippen LogP contribution is -2.37. The molecule has 1 fully saturated rings. The van der Waals surface area contributed by atoms with Gasteiger partial charge in [0.1, 0.15) is 0 Å². The Labute approximate surface area is 105 Å². The van der Waals surface area contributed by atoms with Gasteiger partial charge in [-0.25, -0.2) is 0 Å².